The van der Waals surface area contributed by atoms with Gasteiger partial charge in [-0.3, -0.25) is 9.79 Å². The van der Waals surface area contributed by atoms with Crippen molar-refractivity contribution in [3.05, 3.63) is 35.9 Å². The lowest BCUT2D eigenvalue weighted by Gasteiger charge is -2.13. The zero-order chi connectivity index (χ0) is 16.3. The van der Waals surface area contributed by atoms with E-state index in [2.05, 4.69) is 27.9 Å². The van der Waals surface area contributed by atoms with Crippen molar-refractivity contribution in [2.75, 3.05) is 31.9 Å². The van der Waals surface area contributed by atoms with Crippen molar-refractivity contribution >= 4 is 23.6 Å². The average Bonchev–Trinajstić information content (AvgIpc) is 3.10. The third-order valence-corrected chi connectivity index (χ3v) is 4.94. The maximum absolute atomic E-state index is 11.9. The van der Waals surface area contributed by atoms with E-state index in [0.29, 0.717) is 23.9 Å². The molecule has 1 aliphatic heterocycles. The highest BCUT2D eigenvalue weighted by Gasteiger charge is 2.14. The monoisotopic (exact) mass is 334 g/mol. The SMILES string of the molecule is CCNC(=NCC1CCCS1)NCCNC(=O)c1ccccc1. The molecule has 1 aromatic rings. The summed E-state index contributed by atoms with van der Waals surface area (Å²) in [6.07, 6.45) is 2.57. The quantitative estimate of drug-likeness (QED) is 0.405. The molecule has 1 aliphatic rings. The highest BCUT2D eigenvalue weighted by Crippen LogP contribution is 2.25. The van der Waals surface area contributed by atoms with E-state index >= 15 is 0 Å². The Hall–Kier alpha value is -1.69. The highest BCUT2D eigenvalue weighted by atomic mass is 32.2. The van der Waals surface area contributed by atoms with Gasteiger partial charge >= 0.3 is 0 Å². The fourth-order valence-electron chi connectivity index (χ4n) is 2.37. The number of carbonyl (C=O) groups excluding carboxylic acids is 1. The molecule has 3 N–H and O–H groups in total. The number of hydrogen-bond donors (Lipinski definition) is 3. The fourth-order valence-corrected chi connectivity index (χ4v) is 3.55. The molecule has 5 nitrogen and oxygen atoms in total. The topological polar surface area (TPSA) is 65.5 Å². The number of nitrogens with zero attached hydrogens (tertiary/aromatic N) is 1. The molecule has 0 spiro atoms. The van der Waals surface area contributed by atoms with Gasteiger partial charge in [-0.1, -0.05) is 18.2 Å². The lowest BCUT2D eigenvalue weighted by Crippen LogP contribution is -2.41. The number of hydrogen-bond acceptors (Lipinski definition) is 3. The molecule has 126 valence electrons. The Kier molecular flexibility index (Phi) is 7.80. The van der Waals surface area contributed by atoms with Gasteiger partial charge in [-0.05, 0) is 37.7 Å². The minimum atomic E-state index is -0.0447. The van der Waals surface area contributed by atoms with Gasteiger partial charge in [0, 0.05) is 30.4 Å². The summed E-state index contributed by atoms with van der Waals surface area (Å²) < 4.78 is 0. The predicted octanol–water partition coefficient (Wildman–Crippen LogP) is 1.87. The molecule has 0 aliphatic carbocycles. The smallest absolute Gasteiger partial charge is 0.251 e. The number of carbonyl (C=O) groups is 1. The van der Waals surface area contributed by atoms with Crippen LogP contribution in [0.2, 0.25) is 0 Å². The summed E-state index contributed by atoms with van der Waals surface area (Å²) in [6.45, 7) is 4.97. The Morgan fingerprint density at radius 3 is 2.70 bits per heavy atom. The Morgan fingerprint density at radius 2 is 2.00 bits per heavy atom. The van der Waals surface area contributed by atoms with Crippen LogP contribution in [-0.2, 0) is 0 Å². The molecule has 1 aromatic carbocycles. The van der Waals surface area contributed by atoms with Crippen LogP contribution in [0.1, 0.15) is 30.1 Å². The molecule has 0 bridgehead atoms. The first-order chi connectivity index (χ1) is 11.3. The lowest BCUT2D eigenvalue weighted by atomic mass is 10.2. The fraction of sp³-hybridized carbons (Fsp3) is 0.529. The van der Waals surface area contributed by atoms with Gasteiger partial charge in [-0.25, -0.2) is 0 Å². The summed E-state index contributed by atoms with van der Waals surface area (Å²) >= 11 is 2.01. The summed E-state index contributed by atoms with van der Waals surface area (Å²) in [7, 11) is 0. The molecular weight excluding hydrogens is 308 g/mol. The van der Waals surface area contributed by atoms with E-state index in [1.165, 1.54) is 18.6 Å². The number of thioether (sulfide) groups is 1. The van der Waals surface area contributed by atoms with Crippen LogP contribution in [0.25, 0.3) is 0 Å². The summed E-state index contributed by atoms with van der Waals surface area (Å²) in [5.74, 6) is 2.04. The van der Waals surface area contributed by atoms with Crippen LogP contribution in [0.5, 0.6) is 0 Å². The second kappa shape index (κ2) is 10.2. The highest BCUT2D eigenvalue weighted by molar-refractivity contribution is 8.00. The minimum Gasteiger partial charge on any atom is -0.357 e. The third kappa shape index (κ3) is 6.52. The van der Waals surface area contributed by atoms with Gasteiger partial charge in [0.2, 0.25) is 0 Å². The van der Waals surface area contributed by atoms with Gasteiger partial charge in [0.1, 0.15) is 0 Å². The third-order valence-electron chi connectivity index (χ3n) is 3.56. The molecule has 0 saturated carbocycles. The van der Waals surface area contributed by atoms with Crippen molar-refractivity contribution in [1.82, 2.24) is 16.0 Å². The molecule has 1 heterocycles. The van der Waals surface area contributed by atoms with Gasteiger partial charge in [-0.2, -0.15) is 11.8 Å². The molecule has 6 heteroatoms. The van der Waals surface area contributed by atoms with Crippen molar-refractivity contribution in [2.45, 2.75) is 25.0 Å². The number of rotatable bonds is 7. The first kappa shape index (κ1) is 17.7. The second-order valence-corrected chi connectivity index (χ2v) is 6.81. The van der Waals surface area contributed by atoms with Crippen molar-refractivity contribution in [1.29, 1.82) is 0 Å². The molecule has 1 amide bonds. The van der Waals surface area contributed by atoms with E-state index in [9.17, 15) is 4.79 Å². The van der Waals surface area contributed by atoms with E-state index in [4.69, 9.17) is 0 Å². The van der Waals surface area contributed by atoms with Gasteiger partial charge in [0.15, 0.2) is 5.96 Å². The Labute approximate surface area is 142 Å². The number of amides is 1. The van der Waals surface area contributed by atoms with Crippen LogP contribution in [0.4, 0.5) is 0 Å². The molecule has 0 radical (unpaired) electrons. The first-order valence-corrected chi connectivity index (χ1v) is 9.31. The maximum atomic E-state index is 11.9. The summed E-state index contributed by atoms with van der Waals surface area (Å²) in [5.41, 5.74) is 0.686. The van der Waals surface area contributed by atoms with Crippen LogP contribution in [0.15, 0.2) is 35.3 Å². The summed E-state index contributed by atoms with van der Waals surface area (Å²) in [5, 5.41) is 10.1. The minimum absolute atomic E-state index is 0.0447. The van der Waals surface area contributed by atoms with Crippen LogP contribution in [-0.4, -0.2) is 49.0 Å². The van der Waals surface area contributed by atoms with Gasteiger partial charge in [0.25, 0.3) is 5.91 Å². The Morgan fingerprint density at radius 1 is 1.22 bits per heavy atom. The molecule has 1 atom stereocenters. The van der Waals surface area contributed by atoms with Crippen molar-refractivity contribution in [2.24, 2.45) is 4.99 Å². The zero-order valence-corrected chi connectivity index (χ0v) is 14.5. The van der Waals surface area contributed by atoms with Gasteiger partial charge in [-0.15, -0.1) is 0 Å². The summed E-state index contributed by atoms with van der Waals surface area (Å²) in [4.78, 5) is 16.6. The zero-order valence-electron chi connectivity index (χ0n) is 13.7. The molecule has 1 saturated heterocycles. The van der Waals surface area contributed by atoms with Crippen molar-refractivity contribution in [3.8, 4) is 0 Å². The standard InChI is InChI=1S/C17H26N4OS/c1-2-18-17(21-13-15-9-6-12-23-15)20-11-10-19-16(22)14-7-4-3-5-8-14/h3-5,7-8,15H,2,6,9-13H2,1H3,(H,19,22)(H2,18,20,21). The van der Waals surface area contributed by atoms with Crippen molar-refractivity contribution < 1.29 is 4.79 Å². The van der Waals surface area contributed by atoms with Crippen LogP contribution >= 0.6 is 11.8 Å². The molecule has 1 fully saturated rings. The lowest BCUT2D eigenvalue weighted by molar-refractivity contribution is 0.0954. The van der Waals surface area contributed by atoms with Crippen LogP contribution in [0.3, 0.4) is 0 Å². The first-order valence-electron chi connectivity index (χ1n) is 8.26. The summed E-state index contributed by atoms with van der Waals surface area (Å²) in [6, 6.07) is 9.26. The van der Waals surface area contributed by atoms with E-state index in [0.717, 1.165) is 19.0 Å². The van der Waals surface area contributed by atoms with Crippen LogP contribution in [0, 0.1) is 0 Å². The van der Waals surface area contributed by atoms with E-state index in [1.54, 1.807) is 0 Å². The molecule has 23 heavy (non-hydrogen) atoms. The normalized spacial score (nSPS) is 17.8. The Bertz CT molecular complexity index is 501. The van der Waals surface area contributed by atoms with Gasteiger partial charge < -0.3 is 16.0 Å². The number of nitrogens with one attached hydrogen (secondary N) is 3. The van der Waals surface area contributed by atoms with Crippen LogP contribution < -0.4 is 16.0 Å². The molecule has 1 unspecified atom stereocenters. The predicted molar refractivity (Wildman–Crippen MR) is 98.2 cm³/mol. The molecular formula is C17H26N4OS. The average molecular weight is 334 g/mol. The van der Waals surface area contributed by atoms with E-state index < -0.39 is 0 Å². The molecule has 0 aromatic heterocycles. The maximum Gasteiger partial charge on any atom is 0.251 e. The molecule has 2 rings (SSSR count). The van der Waals surface area contributed by atoms with E-state index in [-0.39, 0.29) is 5.91 Å². The number of benzene rings is 1. The number of aliphatic imine (C=N–C) groups is 1. The Balaban J connectivity index is 1.69. The van der Waals surface area contributed by atoms with Crippen molar-refractivity contribution in [3.63, 3.8) is 0 Å². The second-order valence-electron chi connectivity index (χ2n) is 5.40. The van der Waals surface area contributed by atoms with E-state index in [1.807, 2.05) is 42.1 Å². The number of guanidine groups is 1. The largest absolute Gasteiger partial charge is 0.357 e. The van der Waals surface area contributed by atoms with Gasteiger partial charge in [0.05, 0.1) is 6.54 Å².